The standard InChI is InChI=1S/C28H32N2O6/c1-34-22-12-10-21(11-13-22)30-26(31)18-23(28(30)33)29(16-15-19-7-5-4-6-8-19)27(32)20-9-14-24(35-2)25(17-20)36-3/h7,9-14,17,23H,4-6,8,15-16,18H2,1-3H3. The van der Waals surface area contributed by atoms with Crippen LogP contribution in [0.5, 0.6) is 17.2 Å². The Labute approximate surface area is 211 Å². The van der Waals surface area contributed by atoms with Crippen molar-refractivity contribution in [1.82, 2.24) is 4.90 Å². The highest BCUT2D eigenvalue weighted by molar-refractivity contribution is 6.23. The van der Waals surface area contributed by atoms with E-state index < -0.39 is 11.9 Å². The van der Waals surface area contributed by atoms with E-state index in [0.29, 0.717) is 41.5 Å². The molecule has 0 bridgehead atoms. The number of methoxy groups -OCH3 is 3. The number of amides is 3. The largest absolute Gasteiger partial charge is 0.497 e. The lowest BCUT2D eigenvalue weighted by Gasteiger charge is -2.29. The maximum absolute atomic E-state index is 13.8. The van der Waals surface area contributed by atoms with Gasteiger partial charge in [-0.2, -0.15) is 0 Å². The molecule has 190 valence electrons. The summed E-state index contributed by atoms with van der Waals surface area (Å²) in [5, 5.41) is 0. The fraction of sp³-hybridized carbons (Fsp3) is 0.393. The van der Waals surface area contributed by atoms with Crippen molar-refractivity contribution >= 4 is 23.4 Å². The summed E-state index contributed by atoms with van der Waals surface area (Å²) in [4.78, 5) is 43.0. The molecule has 8 nitrogen and oxygen atoms in total. The molecule has 0 radical (unpaired) electrons. The van der Waals surface area contributed by atoms with E-state index in [0.717, 1.165) is 19.3 Å². The third kappa shape index (κ3) is 5.22. The molecule has 1 heterocycles. The molecule has 0 N–H and O–H groups in total. The monoisotopic (exact) mass is 492 g/mol. The molecule has 36 heavy (non-hydrogen) atoms. The van der Waals surface area contributed by atoms with Gasteiger partial charge >= 0.3 is 0 Å². The lowest BCUT2D eigenvalue weighted by Crippen LogP contribution is -2.46. The molecule has 8 heteroatoms. The van der Waals surface area contributed by atoms with E-state index in [-0.39, 0.29) is 18.2 Å². The molecule has 0 saturated carbocycles. The third-order valence-corrected chi connectivity index (χ3v) is 6.78. The zero-order valence-corrected chi connectivity index (χ0v) is 21.0. The fourth-order valence-corrected chi connectivity index (χ4v) is 4.79. The Balaban J connectivity index is 1.63. The van der Waals surface area contributed by atoms with Gasteiger partial charge in [-0.25, -0.2) is 4.90 Å². The van der Waals surface area contributed by atoms with E-state index in [1.54, 1.807) is 54.5 Å². The molecule has 4 rings (SSSR count). The Morgan fingerprint density at radius 2 is 1.72 bits per heavy atom. The zero-order valence-electron chi connectivity index (χ0n) is 21.0. The van der Waals surface area contributed by atoms with E-state index in [1.165, 1.54) is 31.1 Å². The molecule has 1 aliphatic carbocycles. The smallest absolute Gasteiger partial charge is 0.257 e. The van der Waals surface area contributed by atoms with Gasteiger partial charge in [-0.05, 0) is 74.6 Å². The first kappa shape index (κ1) is 25.3. The molecule has 0 aromatic heterocycles. The normalized spacial score (nSPS) is 17.6. The number of imide groups is 1. The van der Waals surface area contributed by atoms with E-state index in [1.807, 2.05) is 0 Å². The van der Waals surface area contributed by atoms with Gasteiger partial charge < -0.3 is 19.1 Å². The molecule has 2 aromatic rings. The number of carbonyl (C=O) groups is 3. The Morgan fingerprint density at radius 1 is 0.972 bits per heavy atom. The van der Waals surface area contributed by atoms with Crippen LogP contribution in [0, 0.1) is 0 Å². The molecule has 2 aliphatic rings. The van der Waals surface area contributed by atoms with Crippen LogP contribution in [-0.4, -0.2) is 56.5 Å². The van der Waals surface area contributed by atoms with Crippen LogP contribution in [0.1, 0.15) is 48.9 Å². The van der Waals surface area contributed by atoms with E-state index in [4.69, 9.17) is 14.2 Å². The number of hydrogen-bond donors (Lipinski definition) is 0. The van der Waals surface area contributed by atoms with Crippen LogP contribution >= 0.6 is 0 Å². The average Bonchev–Trinajstić information content (AvgIpc) is 3.22. The molecule has 2 aromatic carbocycles. The average molecular weight is 493 g/mol. The number of benzene rings is 2. The molecule has 1 fully saturated rings. The second-order valence-electron chi connectivity index (χ2n) is 8.91. The van der Waals surface area contributed by atoms with Gasteiger partial charge in [-0.15, -0.1) is 0 Å². The predicted octanol–water partition coefficient (Wildman–Crippen LogP) is 4.38. The van der Waals surface area contributed by atoms with Crippen molar-refractivity contribution in [2.75, 3.05) is 32.8 Å². The van der Waals surface area contributed by atoms with Crippen LogP contribution in [0.3, 0.4) is 0 Å². The third-order valence-electron chi connectivity index (χ3n) is 6.78. The van der Waals surface area contributed by atoms with E-state index in [2.05, 4.69) is 6.08 Å². The molecule has 1 atom stereocenters. The van der Waals surface area contributed by atoms with Gasteiger partial charge in [-0.1, -0.05) is 11.6 Å². The molecular weight excluding hydrogens is 460 g/mol. The fourth-order valence-electron chi connectivity index (χ4n) is 4.79. The summed E-state index contributed by atoms with van der Waals surface area (Å²) >= 11 is 0. The van der Waals surface area contributed by atoms with Crippen LogP contribution in [0.15, 0.2) is 54.1 Å². The van der Waals surface area contributed by atoms with Gasteiger partial charge in [0, 0.05) is 12.1 Å². The van der Waals surface area contributed by atoms with Crippen molar-refractivity contribution in [1.29, 1.82) is 0 Å². The van der Waals surface area contributed by atoms with Gasteiger partial charge in [0.1, 0.15) is 11.8 Å². The Kier molecular flexibility index (Phi) is 7.93. The van der Waals surface area contributed by atoms with Crippen molar-refractivity contribution < 1.29 is 28.6 Å². The lowest BCUT2D eigenvalue weighted by molar-refractivity contribution is -0.122. The Morgan fingerprint density at radius 3 is 2.36 bits per heavy atom. The van der Waals surface area contributed by atoms with Crippen molar-refractivity contribution in [2.45, 2.75) is 44.6 Å². The minimum atomic E-state index is -0.885. The van der Waals surface area contributed by atoms with Gasteiger partial charge in [-0.3, -0.25) is 14.4 Å². The van der Waals surface area contributed by atoms with Crippen molar-refractivity contribution in [3.8, 4) is 17.2 Å². The highest BCUT2D eigenvalue weighted by Crippen LogP contribution is 2.32. The maximum atomic E-state index is 13.8. The number of carbonyl (C=O) groups excluding carboxylic acids is 3. The summed E-state index contributed by atoms with van der Waals surface area (Å²) in [6.45, 7) is 0.346. The molecule has 1 unspecified atom stereocenters. The van der Waals surface area contributed by atoms with E-state index >= 15 is 0 Å². The van der Waals surface area contributed by atoms with Gasteiger partial charge in [0.2, 0.25) is 5.91 Å². The second kappa shape index (κ2) is 11.3. The van der Waals surface area contributed by atoms with Gasteiger partial charge in [0.05, 0.1) is 33.4 Å². The van der Waals surface area contributed by atoms with Crippen LogP contribution in [-0.2, 0) is 9.59 Å². The first-order valence-corrected chi connectivity index (χ1v) is 12.2. The number of allylic oxidation sites excluding steroid dienone is 1. The highest BCUT2D eigenvalue weighted by atomic mass is 16.5. The van der Waals surface area contributed by atoms with Gasteiger partial charge in [0.15, 0.2) is 11.5 Å². The number of ether oxygens (including phenoxy) is 3. The molecule has 3 amide bonds. The maximum Gasteiger partial charge on any atom is 0.257 e. The van der Waals surface area contributed by atoms with Crippen LogP contribution in [0.25, 0.3) is 0 Å². The minimum Gasteiger partial charge on any atom is -0.497 e. The van der Waals surface area contributed by atoms with Crippen molar-refractivity contribution in [3.63, 3.8) is 0 Å². The van der Waals surface area contributed by atoms with Gasteiger partial charge in [0.25, 0.3) is 11.8 Å². The highest BCUT2D eigenvalue weighted by Gasteiger charge is 2.44. The number of nitrogens with zero attached hydrogens (tertiary/aromatic N) is 2. The summed E-state index contributed by atoms with van der Waals surface area (Å²) in [6.07, 6.45) is 7.15. The second-order valence-corrected chi connectivity index (χ2v) is 8.91. The number of hydrogen-bond acceptors (Lipinski definition) is 6. The summed E-state index contributed by atoms with van der Waals surface area (Å²) in [5.41, 5.74) is 2.12. The van der Waals surface area contributed by atoms with Crippen LogP contribution in [0.4, 0.5) is 5.69 Å². The molecule has 1 aliphatic heterocycles. The van der Waals surface area contributed by atoms with Crippen molar-refractivity contribution in [3.05, 3.63) is 59.7 Å². The quantitative estimate of drug-likeness (QED) is 0.382. The number of anilines is 1. The predicted molar refractivity (Wildman–Crippen MR) is 136 cm³/mol. The number of rotatable bonds is 9. The summed E-state index contributed by atoms with van der Waals surface area (Å²) in [7, 11) is 4.59. The topological polar surface area (TPSA) is 85.4 Å². The first-order valence-electron chi connectivity index (χ1n) is 12.2. The minimum absolute atomic E-state index is 0.0665. The summed E-state index contributed by atoms with van der Waals surface area (Å²) in [5.74, 6) is 0.488. The Hall–Kier alpha value is -3.81. The van der Waals surface area contributed by atoms with Crippen LogP contribution < -0.4 is 19.1 Å². The van der Waals surface area contributed by atoms with Crippen molar-refractivity contribution in [2.24, 2.45) is 0 Å². The first-order chi connectivity index (χ1) is 17.5. The Bertz CT molecular complexity index is 1160. The molecular formula is C28H32N2O6. The molecule has 0 spiro atoms. The SMILES string of the molecule is COc1ccc(N2C(=O)CC(N(CCC3=CCCCC3)C(=O)c3ccc(OC)c(OC)c3)C2=O)cc1. The van der Waals surface area contributed by atoms with Crippen LogP contribution in [0.2, 0.25) is 0 Å². The van der Waals surface area contributed by atoms with E-state index in [9.17, 15) is 14.4 Å². The zero-order chi connectivity index (χ0) is 25.7. The summed E-state index contributed by atoms with van der Waals surface area (Å²) in [6, 6.07) is 10.8. The summed E-state index contributed by atoms with van der Waals surface area (Å²) < 4.78 is 15.9. The lowest BCUT2D eigenvalue weighted by atomic mass is 9.96. The molecule has 1 saturated heterocycles.